The fourth-order valence-electron chi connectivity index (χ4n) is 3.34. The van der Waals surface area contributed by atoms with E-state index in [9.17, 15) is 4.79 Å². The SMILES string of the molecule is CCNc1cc(Nc2ccc(NC(=O)Cc3c[nH]c4ccccc34)cc2)nc(C)n1. The Bertz CT molecular complexity index is 1170. The number of amides is 1. The van der Waals surface area contributed by atoms with Crippen LogP contribution in [0.5, 0.6) is 0 Å². The molecule has 0 aliphatic carbocycles. The van der Waals surface area contributed by atoms with Crippen molar-refractivity contribution in [2.45, 2.75) is 20.3 Å². The van der Waals surface area contributed by atoms with Crippen LogP contribution in [0.25, 0.3) is 10.9 Å². The number of aryl methyl sites for hydroxylation is 1. The molecule has 0 bridgehead atoms. The number of anilines is 4. The van der Waals surface area contributed by atoms with Crippen molar-refractivity contribution in [1.82, 2.24) is 15.0 Å². The largest absolute Gasteiger partial charge is 0.370 e. The van der Waals surface area contributed by atoms with Gasteiger partial charge in [-0.2, -0.15) is 0 Å². The lowest BCUT2D eigenvalue weighted by Crippen LogP contribution is -2.14. The molecule has 7 heteroatoms. The lowest BCUT2D eigenvalue weighted by molar-refractivity contribution is -0.115. The minimum absolute atomic E-state index is 0.0535. The number of H-pyrrole nitrogens is 1. The summed E-state index contributed by atoms with van der Waals surface area (Å²) >= 11 is 0. The first-order chi connectivity index (χ1) is 14.6. The molecule has 4 rings (SSSR count). The highest BCUT2D eigenvalue weighted by molar-refractivity contribution is 5.95. The van der Waals surface area contributed by atoms with Crippen molar-refractivity contribution >= 4 is 39.8 Å². The third-order valence-corrected chi connectivity index (χ3v) is 4.66. The minimum atomic E-state index is -0.0535. The zero-order valence-corrected chi connectivity index (χ0v) is 17.0. The Morgan fingerprint density at radius 1 is 1.00 bits per heavy atom. The summed E-state index contributed by atoms with van der Waals surface area (Å²) in [7, 11) is 0. The van der Waals surface area contributed by atoms with E-state index in [4.69, 9.17) is 0 Å². The average Bonchev–Trinajstić information content (AvgIpc) is 3.12. The maximum atomic E-state index is 12.5. The molecule has 2 heterocycles. The normalized spacial score (nSPS) is 10.7. The molecular weight excluding hydrogens is 376 g/mol. The molecule has 0 spiro atoms. The number of nitrogens with one attached hydrogen (secondary N) is 4. The van der Waals surface area contributed by atoms with Crippen molar-refractivity contribution in [2.75, 3.05) is 22.5 Å². The molecule has 0 aliphatic heterocycles. The molecule has 0 saturated carbocycles. The topological polar surface area (TPSA) is 94.7 Å². The van der Waals surface area contributed by atoms with Crippen molar-refractivity contribution < 1.29 is 4.79 Å². The van der Waals surface area contributed by atoms with Crippen molar-refractivity contribution in [3.05, 3.63) is 72.2 Å². The summed E-state index contributed by atoms with van der Waals surface area (Å²) in [4.78, 5) is 24.4. The fourth-order valence-corrected chi connectivity index (χ4v) is 3.34. The highest BCUT2D eigenvalue weighted by Crippen LogP contribution is 2.21. The second-order valence-corrected chi connectivity index (χ2v) is 7.00. The summed E-state index contributed by atoms with van der Waals surface area (Å²) in [5.41, 5.74) is 3.65. The van der Waals surface area contributed by atoms with E-state index in [0.29, 0.717) is 12.2 Å². The molecule has 0 unspecified atom stereocenters. The van der Waals surface area contributed by atoms with Gasteiger partial charge in [0.2, 0.25) is 5.91 Å². The van der Waals surface area contributed by atoms with Crippen LogP contribution in [-0.2, 0) is 11.2 Å². The maximum Gasteiger partial charge on any atom is 0.228 e. The Labute approximate surface area is 175 Å². The van der Waals surface area contributed by atoms with Crippen LogP contribution in [0.2, 0.25) is 0 Å². The molecule has 0 atom stereocenters. The van der Waals surface area contributed by atoms with Gasteiger partial charge in [0.15, 0.2) is 0 Å². The number of aromatic amines is 1. The summed E-state index contributed by atoms with van der Waals surface area (Å²) in [5, 5.41) is 10.5. The van der Waals surface area contributed by atoms with Crippen molar-refractivity contribution in [1.29, 1.82) is 0 Å². The number of benzene rings is 2. The van der Waals surface area contributed by atoms with Gasteiger partial charge in [0.05, 0.1) is 6.42 Å². The van der Waals surface area contributed by atoms with Crippen molar-refractivity contribution in [3.8, 4) is 0 Å². The van der Waals surface area contributed by atoms with Gasteiger partial charge in [0.1, 0.15) is 17.5 Å². The molecule has 4 aromatic rings. The van der Waals surface area contributed by atoms with Crippen molar-refractivity contribution in [2.24, 2.45) is 0 Å². The number of rotatable bonds is 7. The second kappa shape index (κ2) is 8.65. The summed E-state index contributed by atoms with van der Waals surface area (Å²) in [6.07, 6.45) is 2.21. The van der Waals surface area contributed by atoms with Crippen LogP contribution in [0.3, 0.4) is 0 Å². The third-order valence-electron chi connectivity index (χ3n) is 4.66. The van der Waals surface area contributed by atoms with Gasteiger partial charge in [-0.3, -0.25) is 4.79 Å². The van der Waals surface area contributed by atoms with Gasteiger partial charge in [-0.1, -0.05) is 18.2 Å². The predicted octanol–water partition coefficient (Wildman–Crippen LogP) is 4.62. The van der Waals surface area contributed by atoms with E-state index in [1.807, 2.05) is 74.6 Å². The molecule has 0 fully saturated rings. The lowest BCUT2D eigenvalue weighted by atomic mass is 10.1. The molecule has 2 aromatic heterocycles. The van der Waals surface area contributed by atoms with E-state index in [1.54, 1.807) is 0 Å². The van der Waals surface area contributed by atoms with Crippen LogP contribution in [-0.4, -0.2) is 27.4 Å². The number of hydrogen-bond donors (Lipinski definition) is 4. The number of carbonyl (C=O) groups is 1. The number of nitrogens with zero attached hydrogens (tertiary/aromatic N) is 2. The minimum Gasteiger partial charge on any atom is -0.370 e. The van der Waals surface area contributed by atoms with E-state index in [-0.39, 0.29) is 5.91 Å². The zero-order chi connectivity index (χ0) is 20.9. The van der Waals surface area contributed by atoms with Crippen LogP contribution in [0.4, 0.5) is 23.0 Å². The van der Waals surface area contributed by atoms with Gasteiger partial charge in [-0.25, -0.2) is 9.97 Å². The second-order valence-electron chi connectivity index (χ2n) is 7.00. The Kier molecular flexibility index (Phi) is 5.61. The maximum absolute atomic E-state index is 12.5. The van der Waals surface area contributed by atoms with Crippen LogP contribution < -0.4 is 16.0 Å². The Balaban J connectivity index is 1.39. The van der Waals surface area contributed by atoms with Gasteiger partial charge in [0, 0.05) is 41.1 Å². The van der Waals surface area contributed by atoms with Gasteiger partial charge in [0.25, 0.3) is 0 Å². The number of carbonyl (C=O) groups excluding carboxylic acids is 1. The Morgan fingerprint density at radius 2 is 1.73 bits per heavy atom. The average molecular weight is 400 g/mol. The van der Waals surface area contributed by atoms with Crippen LogP contribution >= 0.6 is 0 Å². The number of aromatic nitrogens is 3. The third kappa shape index (κ3) is 4.57. The van der Waals surface area contributed by atoms with E-state index >= 15 is 0 Å². The summed E-state index contributed by atoms with van der Waals surface area (Å²) in [6, 6.07) is 17.4. The number of hydrogen-bond acceptors (Lipinski definition) is 5. The molecule has 30 heavy (non-hydrogen) atoms. The monoisotopic (exact) mass is 400 g/mol. The summed E-state index contributed by atoms with van der Waals surface area (Å²) in [6.45, 7) is 4.68. The summed E-state index contributed by atoms with van der Waals surface area (Å²) in [5.74, 6) is 2.14. The van der Waals surface area contributed by atoms with Crippen LogP contribution in [0, 0.1) is 6.92 Å². The van der Waals surface area contributed by atoms with Gasteiger partial charge < -0.3 is 20.9 Å². The highest BCUT2D eigenvalue weighted by Gasteiger charge is 2.09. The number of fused-ring (bicyclic) bond motifs is 1. The fraction of sp³-hybridized carbons (Fsp3) is 0.174. The summed E-state index contributed by atoms with van der Waals surface area (Å²) < 4.78 is 0. The first-order valence-corrected chi connectivity index (χ1v) is 9.92. The quantitative estimate of drug-likeness (QED) is 0.363. The van der Waals surface area contributed by atoms with Crippen LogP contribution in [0.15, 0.2) is 60.8 Å². The molecule has 4 N–H and O–H groups in total. The molecule has 152 valence electrons. The molecule has 0 aliphatic rings. The van der Waals surface area contributed by atoms with Gasteiger partial charge in [-0.15, -0.1) is 0 Å². The predicted molar refractivity (Wildman–Crippen MR) is 121 cm³/mol. The number of para-hydroxylation sites is 1. The molecule has 1 amide bonds. The van der Waals surface area contributed by atoms with E-state index in [2.05, 4.69) is 30.9 Å². The Morgan fingerprint density at radius 3 is 2.53 bits per heavy atom. The van der Waals surface area contributed by atoms with E-state index < -0.39 is 0 Å². The molecular formula is C23H24N6O. The van der Waals surface area contributed by atoms with E-state index in [0.717, 1.165) is 46.0 Å². The molecule has 2 aromatic carbocycles. The Hall–Kier alpha value is -3.87. The van der Waals surface area contributed by atoms with Gasteiger partial charge in [-0.05, 0) is 49.7 Å². The smallest absolute Gasteiger partial charge is 0.228 e. The molecule has 0 radical (unpaired) electrons. The molecule has 0 saturated heterocycles. The van der Waals surface area contributed by atoms with Gasteiger partial charge >= 0.3 is 0 Å². The first kappa shape index (κ1) is 19.4. The van der Waals surface area contributed by atoms with Crippen molar-refractivity contribution in [3.63, 3.8) is 0 Å². The highest BCUT2D eigenvalue weighted by atomic mass is 16.1. The van der Waals surface area contributed by atoms with E-state index in [1.165, 1.54) is 0 Å². The molecule has 7 nitrogen and oxygen atoms in total. The zero-order valence-electron chi connectivity index (χ0n) is 17.0. The standard InChI is InChI=1S/C23H24N6O/c1-3-24-21-13-22(27-15(2)26-21)28-17-8-10-18(11-9-17)29-23(30)12-16-14-25-20-7-5-4-6-19(16)20/h4-11,13-14,25H,3,12H2,1-2H3,(H,29,30)(H2,24,26,27,28). The first-order valence-electron chi connectivity index (χ1n) is 9.92. The lowest BCUT2D eigenvalue weighted by Gasteiger charge is -2.10. The van der Waals surface area contributed by atoms with Crippen LogP contribution in [0.1, 0.15) is 18.3 Å².